The summed E-state index contributed by atoms with van der Waals surface area (Å²) in [6, 6.07) is 17.7. The smallest absolute Gasteiger partial charge is 0.244 e. The number of hydrogen-bond donors (Lipinski definition) is 0. The molecule has 1 atom stereocenters. The monoisotopic (exact) mass is 413 g/mol. The van der Waals surface area contributed by atoms with Crippen LogP contribution in [0.4, 0.5) is 0 Å². The molecular weight excluding hydrogens is 386 g/mol. The van der Waals surface area contributed by atoms with E-state index in [9.17, 15) is 4.79 Å². The molecule has 2 aliphatic rings. The second-order valence-corrected chi connectivity index (χ2v) is 8.06. The summed E-state index contributed by atoms with van der Waals surface area (Å²) in [6.07, 6.45) is 0. The Kier molecular flexibility index (Phi) is 6.82. The summed E-state index contributed by atoms with van der Waals surface area (Å²) in [5.41, 5.74) is 2.10. The molecular formula is C23H28ClN3O2. The number of morpholine rings is 1. The van der Waals surface area contributed by atoms with Crippen molar-refractivity contribution in [1.82, 2.24) is 14.7 Å². The molecule has 0 saturated carbocycles. The lowest BCUT2D eigenvalue weighted by Crippen LogP contribution is -2.53. The van der Waals surface area contributed by atoms with Gasteiger partial charge in [-0.05, 0) is 17.2 Å². The molecule has 29 heavy (non-hydrogen) atoms. The van der Waals surface area contributed by atoms with Crippen LogP contribution >= 0.6 is 11.6 Å². The molecule has 2 saturated heterocycles. The van der Waals surface area contributed by atoms with Gasteiger partial charge in [0, 0.05) is 50.8 Å². The summed E-state index contributed by atoms with van der Waals surface area (Å²) < 4.78 is 5.43. The summed E-state index contributed by atoms with van der Waals surface area (Å²) >= 11 is 6.40. The van der Waals surface area contributed by atoms with Gasteiger partial charge in [0.1, 0.15) is 6.04 Å². The van der Waals surface area contributed by atoms with Crippen molar-refractivity contribution in [2.45, 2.75) is 12.6 Å². The summed E-state index contributed by atoms with van der Waals surface area (Å²) in [5, 5.41) is 0.751. The number of nitrogens with zero attached hydrogens (tertiary/aromatic N) is 3. The summed E-state index contributed by atoms with van der Waals surface area (Å²) in [4.78, 5) is 20.1. The molecule has 0 radical (unpaired) electrons. The molecule has 1 amide bonds. The maximum absolute atomic E-state index is 13.5. The molecule has 2 aromatic carbocycles. The number of piperazine rings is 1. The van der Waals surface area contributed by atoms with E-state index in [2.05, 4.69) is 9.80 Å². The second-order valence-electron chi connectivity index (χ2n) is 7.65. The minimum absolute atomic E-state index is 0.183. The Bertz CT molecular complexity index is 811. The van der Waals surface area contributed by atoms with Crippen molar-refractivity contribution < 1.29 is 9.53 Å². The SMILES string of the molecule is O=C1C(c2ccccc2)N(Cc2ccccc2Cl)CCN1CCN1CCOCC1. The first-order valence-electron chi connectivity index (χ1n) is 10.3. The van der Waals surface area contributed by atoms with Gasteiger partial charge in [-0.3, -0.25) is 14.6 Å². The Morgan fingerprint density at radius 3 is 2.38 bits per heavy atom. The Labute approximate surface area is 177 Å². The van der Waals surface area contributed by atoms with E-state index >= 15 is 0 Å². The van der Waals surface area contributed by atoms with Crippen LogP contribution in [0.5, 0.6) is 0 Å². The van der Waals surface area contributed by atoms with Gasteiger partial charge in [-0.15, -0.1) is 0 Å². The first-order valence-corrected chi connectivity index (χ1v) is 10.7. The molecule has 0 N–H and O–H groups in total. The predicted molar refractivity (Wildman–Crippen MR) is 115 cm³/mol. The number of carbonyl (C=O) groups excluding carboxylic acids is 1. The highest BCUT2D eigenvalue weighted by atomic mass is 35.5. The summed E-state index contributed by atoms with van der Waals surface area (Å²) in [5.74, 6) is 0.183. The molecule has 2 aromatic rings. The number of ether oxygens (including phenoxy) is 1. The van der Waals surface area contributed by atoms with Gasteiger partial charge < -0.3 is 9.64 Å². The molecule has 0 spiro atoms. The van der Waals surface area contributed by atoms with Crippen LogP contribution in [0.15, 0.2) is 54.6 Å². The lowest BCUT2D eigenvalue weighted by molar-refractivity contribution is -0.143. The van der Waals surface area contributed by atoms with E-state index in [0.717, 1.165) is 68.6 Å². The maximum atomic E-state index is 13.5. The second kappa shape index (κ2) is 9.72. The average Bonchev–Trinajstić information content (AvgIpc) is 2.76. The van der Waals surface area contributed by atoms with Gasteiger partial charge in [0.15, 0.2) is 0 Å². The van der Waals surface area contributed by atoms with E-state index in [1.54, 1.807) is 0 Å². The third-order valence-corrected chi connectivity index (χ3v) is 6.17. The largest absolute Gasteiger partial charge is 0.379 e. The first kappa shape index (κ1) is 20.4. The van der Waals surface area contributed by atoms with Crippen LogP contribution in [0.1, 0.15) is 17.2 Å². The number of benzene rings is 2. The Morgan fingerprint density at radius 2 is 1.62 bits per heavy atom. The number of rotatable bonds is 6. The zero-order valence-electron chi connectivity index (χ0n) is 16.7. The average molecular weight is 414 g/mol. The zero-order chi connectivity index (χ0) is 20.1. The van der Waals surface area contributed by atoms with E-state index < -0.39 is 0 Å². The van der Waals surface area contributed by atoms with Crippen LogP contribution < -0.4 is 0 Å². The standard InChI is InChI=1S/C23H28ClN3O2/c24-21-9-5-4-8-20(21)18-27-13-12-26(11-10-25-14-16-29-17-15-25)23(28)22(27)19-6-2-1-3-7-19/h1-9,22H,10-18H2. The third-order valence-electron chi connectivity index (χ3n) is 5.80. The van der Waals surface area contributed by atoms with Gasteiger partial charge in [0.05, 0.1) is 13.2 Å². The molecule has 0 aromatic heterocycles. The van der Waals surface area contributed by atoms with Crippen LogP contribution in [0.3, 0.4) is 0 Å². The molecule has 1 unspecified atom stereocenters. The normalized spacial score (nSPS) is 21.5. The fourth-order valence-electron chi connectivity index (χ4n) is 4.13. The number of halogens is 1. The van der Waals surface area contributed by atoms with E-state index in [1.165, 1.54) is 0 Å². The van der Waals surface area contributed by atoms with Crippen LogP contribution in [0.25, 0.3) is 0 Å². The molecule has 2 heterocycles. The van der Waals surface area contributed by atoms with Crippen molar-refractivity contribution in [2.75, 3.05) is 52.5 Å². The van der Waals surface area contributed by atoms with Crippen LogP contribution in [-0.4, -0.2) is 73.1 Å². The molecule has 0 aliphatic carbocycles. The fraction of sp³-hybridized carbons (Fsp3) is 0.435. The van der Waals surface area contributed by atoms with Crippen molar-refractivity contribution in [3.8, 4) is 0 Å². The topological polar surface area (TPSA) is 36.0 Å². The lowest BCUT2D eigenvalue weighted by Gasteiger charge is -2.41. The number of hydrogen-bond acceptors (Lipinski definition) is 4. The van der Waals surface area contributed by atoms with Gasteiger partial charge in [0.2, 0.25) is 5.91 Å². The highest BCUT2D eigenvalue weighted by molar-refractivity contribution is 6.31. The van der Waals surface area contributed by atoms with Crippen molar-refractivity contribution in [3.05, 3.63) is 70.7 Å². The third kappa shape index (κ3) is 4.98. The molecule has 4 rings (SSSR count). The molecule has 0 bridgehead atoms. The van der Waals surface area contributed by atoms with E-state index in [-0.39, 0.29) is 11.9 Å². The fourth-order valence-corrected chi connectivity index (χ4v) is 4.33. The Hall–Kier alpha value is -1.92. The number of amides is 1. The van der Waals surface area contributed by atoms with E-state index in [0.29, 0.717) is 6.54 Å². The maximum Gasteiger partial charge on any atom is 0.244 e. The van der Waals surface area contributed by atoms with Crippen LogP contribution in [0.2, 0.25) is 5.02 Å². The van der Waals surface area contributed by atoms with Crippen molar-refractivity contribution >= 4 is 17.5 Å². The van der Waals surface area contributed by atoms with E-state index in [4.69, 9.17) is 16.3 Å². The van der Waals surface area contributed by atoms with Gasteiger partial charge in [-0.2, -0.15) is 0 Å². The van der Waals surface area contributed by atoms with Gasteiger partial charge >= 0.3 is 0 Å². The molecule has 2 aliphatic heterocycles. The van der Waals surface area contributed by atoms with E-state index in [1.807, 2.05) is 59.5 Å². The van der Waals surface area contributed by atoms with Gasteiger partial charge in [0.25, 0.3) is 0 Å². The first-order chi connectivity index (χ1) is 14.2. The molecule has 5 nitrogen and oxygen atoms in total. The minimum Gasteiger partial charge on any atom is -0.379 e. The van der Waals surface area contributed by atoms with Gasteiger partial charge in [-0.1, -0.05) is 60.1 Å². The molecule has 2 fully saturated rings. The quantitative estimate of drug-likeness (QED) is 0.729. The molecule has 154 valence electrons. The highest BCUT2D eigenvalue weighted by Gasteiger charge is 2.36. The predicted octanol–water partition coefficient (Wildman–Crippen LogP) is 3.06. The summed E-state index contributed by atoms with van der Waals surface area (Å²) in [6.45, 7) is 7.38. The highest BCUT2D eigenvalue weighted by Crippen LogP contribution is 2.29. The minimum atomic E-state index is -0.272. The van der Waals surface area contributed by atoms with Crippen molar-refractivity contribution in [2.24, 2.45) is 0 Å². The number of carbonyl (C=O) groups is 1. The van der Waals surface area contributed by atoms with Crippen molar-refractivity contribution in [3.63, 3.8) is 0 Å². The Morgan fingerprint density at radius 1 is 0.897 bits per heavy atom. The zero-order valence-corrected chi connectivity index (χ0v) is 17.4. The van der Waals surface area contributed by atoms with Gasteiger partial charge in [-0.25, -0.2) is 0 Å². The van der Waals surface area contributed by atoms with Crippen LogP contribution in [-0.2, 0) is 16.1 Å². The lowest BCUT2D eigenvalue weighted by atomic mass is 10.0. The van der Waals surface area contributed by atoms with Crippen LogP contribution in [0, 0.1) is 0 Å². The Balaban J connectivity index is 1.50. The summed E-state index contributed by atoms with van der Waals surface area (Å²) in [7, 11) is 0. The molecule has 6 heteroatoms. The van der Waals surface area contributed by atoms with Crippen molar-refractivity contribution in [1.29, 1.82) is 0 Å².